The average molecular weight is 404 g/mol. The summed E-state index contributed by atoms with van der Waals surface area (Å²) in [6.45, 7) is 5.93. The van der Waals surface area contributed by atoms with Crippen molar-refractivity contribution in [1.82, 2.24) is 25.3 Å². The number of hydrogen-bond acceptors (Lipinski definition) is 4. The fourth-order valence-electron chi connectivity index (χ4n) is 4.34. The molecule has 152 valence electrons. The molecule has 2 atom stereocenters. The Kier molecular flexibility index (Phi) is 6.75. The van der Waals surface area contributed by atoms with Gasteiger partial charge in [0.1, 0.15) is 0 Å². The third-order valence-electron chi connectivity index (χ3n) is 6.09. The molecule has 1 aromatic heterocycles. The molecule has 2 N–H and O–H groups in total. The van der Waals surface area contributed by atoms with Crippen molar-refractivity contribution in [3.8, 4) is 0 Å². The van der Waals surface area contributed by atoms with Gasteiger partial charge in [-0.25, -0.2) is 0 Å². The second-order valence-electron chi connectivity index (χ2n) is 7.86. The number of aromatic nitrogens is 2. The summed E-state index contributed by atoms with van der Waals surface area (Å²) in [6.07, 6.45) is 2.92. The maximum absolute atomic E-state index is 13.1. The van der Waals surface area contributed by atoms with E-state index >= 15 is 0 Å². The maximum atomic E-state index is 13.1. The van der Waals surface area contributed by atoms with Crippen LogP contribution in [0.1, 0.15) is 47.1 Å². The number of carbonyl (C=O) groups excluding carboxylic acids is 1. The molecule has 1 amide bonds. The number of carbonyl (C=O) groups is 1. The zero-order chi connectivity index (χ0) is 18.8. The van der Waals surface area contributed by atoms with Crippen LogP contribution < -0.4 is 5.32 Å². The SMILES string of the molecule is CC1CC(N(C)C(=O)c2n[nH]c3c2CNCC3)CCN1Cc1ccccc1.Cl. The summed E-state index contributed by atoms with van der Waals surface area (Å²) in [4.78, 5) is 17.5. The summed E-state index contributed by atoms with van der Waals surface area (Å²) < 4.78 is 0. The van der Waals surface area contributed by atoms with Gasteiger partial charge in [-0.1, -0.05) is 30.3 Å². The fraction of sp³-hybridized carbons (Fsp3) is 0.524. The molecule has 0 radical (unpaired) electrons. The van der Waals surface area contributed by atoms with Crippen LogP contribution in [-0.2, 0) is 19.5 Å². The molecule has 0 saturated carbocycles. The zero-order valence-corrected chi connectivity index (χ0v) is 17.5. The van der Waals surface area contributed by atoms with E-state index in [1.807, 2.05) is 11.9 Å². The van der Waals surface area contributed by atoms with Crippen molar-refractivity contribution in [2.45, 2.75) is 51.4 Å². The molecule has 3 heterocycles. The van der Waals surface area contributed by atoms with E-state index in [0.717, 1.165) is 56.7 Å². The quantitative estimate of drug-likeness (QED) is 0.823. The van der Waals surface area contributed by atoms with Crippen LogP contribution >= 0.6 is 12.4 Å². The molecule has 7 heteroatoms. The van der Waals surface area contributed by atoms with Crippen molar-refractivity contribution < 1.29 is 4.79 Å². The highest BCUT2D eigenvalue weighted by Gasteiger charge is 2.32. The average Bonchev–Trinajstić information content (AvgIpc) is 3.13. The topological polar surface area (TPSA) is 64.3 Å². The van der Waals surface area contributed by atoms with E-state index in [4.69, 9.17) is 0 Å². The van der Waals surface area contributed by atoms with E-state index in [-0.39, 0.29) is 24.4 Å². The number of aromatic amines is 1. The van der Waals surface area contributed by atoms with Crippen LogP contribution in [0.15, 0.2) is 30.3 Å². The molecule has 6 nitrogen and oxygen atoms in total. The summed E-state index contributed by atoms with van der Waals surface area (Å²) in [5, 5.41) is 10.7. The van der Waals surface area contributed by atoms with Crippen molar-refractivity contribution in [1.29, 1.82) is 0 Å². The molecule has 0 bridgehead atoms. The Bertz CT molecular complexity index is 793. The van der Waals surface area contributed by atoms with E-state index in [9.17, 15) is 4.79 Å². The monoisotopic (exact) mass is 403 g/mol. The number of rotatable bonds is 4. The maximum Gasteiger partial charge on any atom is 0.274 e. The van der Waals surface area contributed by atoms with E-state index in [1.165, 1.54) is 5.56 Å². The van der Waals surface area contributed by atoms with Gasteiger partial charge in [0.15, 0.2) is 5.69 Å². The molecule has 2 aliphatic rings. The molecule has 28 heavy (non-hydrogen) atoms. The van der Waals surface area contributed by atoms with E-state index in [0.29, 0.717) is 11.7 Å². The van der Waals surface area contributed by atoms with Gasteiger partial charge in [0.25, 0.3) is 5.91 Å². The lowest BCUT2D eigenvalue weighted by Gasteiger charge is -2.41. The van der Waals surface area contributed by atoms with Gasteiger partial charge in [0, 0.05) is 63.0 Å². The number of hydrogen-bond donors (Lipinski definition) is 2. The second-order valence-corrected chi connectivity index (χ2v) is 7.86. The molecule has 2 unspecified atom stereocenters. The number of nitrogens with zero attached hydrogens (tertiary/aromatic N) is 3. The summed E-state index contributed by atoms with van der Waals surface area (Å²) in [5.74, 6) is 0.0462. The lowest BCUT2D eigenvalue weighted by atomic mass is 9.96. The molecular formula is C21H30ClN5O. The van der Waals surface area contributed by atoms with Gasteiger partial charge in [-0.3, -0.25) is 14.8 Å². The first-order chi connectivity index (χ1) is 13.1. The number of fused-ring (bicyclic) bond motifs is 1. The van der Waals surface area contributed by atoms with Gasteiger partial charge in [-0.15, -0.1) is 12.4 Å². The van der Waals surface area contributed by atoms with E-state index in [1.54, 1.807) is 0 Å². The van der Waals surface area contributed by atoms with Gasteiger partial charge < -0.3 is 10.2 Å². The van der Waals surface area contributed by atoms with Crippen LogP contribution in [0.25, 0.3) is 0 Å². The highest BCUT2D eigenvalue weighted by molar-refractivity contribution is 5.94. The van der Waals surface area contributed by atoms with Crippen molar-refractivity contribution in [2.24, 2.45) is 0 Å². The van der Waals surface area contributed by atoms with Gasteiger partial charge in [0.05, 0.1) is 0 Å². The second kappa shape index (κ2) is 9.07. The van der Waals surface area contributed by atoms with Gasteiger partial charge >= 0.3 is 0 Å². The first-order valence-corrected chi connectivity index (χ1v) is 9.95. The Balaban J connectivity index is 0.00000225. The van der Waals surface area contributed by atoms with Crippen molar-refractivity contribution in [3.63, 3.8) is 0 Å². The first-order valence-electron chi connectivity index (χ1n) is 9.95. The van der Waals surface area contributed by atoms with Crippen LogP contribution in [0.2, 0.25) is 0 Å². The predicted molar refractivity (Wildman–Crippen MR) is 113 cm³/mol. The number of likely N-dealkylation sites (tertiary alicyclic amines) is 1. The summed E-state index contributed by atoms with van der Waals surface area (Å²) in [5.41, 5.74) is 4.10. The highest BCUT2D eigenvalue weighted by atomic mass is 35.5. The van der Waals surface area contributed by atoms with Crippen LogP contribution in [0, 0.1) is 0 Å². The number of H-pyrrole nitrogens is 1. The fourth-order valence-corrected chi connectivity index (χ4v) is 4.34. The number of piperidine rings is 1. The molecule has 2 aromatic rings. The molecule has 1 saturated heterocycles. The lowest BCUT2D eigenvalue weighted by molar-refractivity contribution is 0.0532. The Morgan fingerprint density at radius 1 is 1.32 bits per heavy atom. The minimum absolute atomic E-state index is 0. The smallest absolute Gasteiger partial charge is 0.274 e. The van der Waals surface area contributed by atoms with Crippen molar-refractivity contribution in [3.05, 3.63) is 52.8 Å². The van der Waals surface area contributed by atoms with Crippen LogP contribution in [0.4, 0.5) is 0 Å². The zero-order valence-electron chi connectivity index (χ0n) is 16.6. The summed E-state index contributed by atoms with van der Waals surface area (Å²) in [6, 6.07) is 11.3. The molecule has 0 spiro atoms. The Hall–Kier alpha value is -1.89. The highest BCUT2D eigenvalue weighted by Crippen LogP contribution is 2.25. The van der Waals surface area contributed by atoms with Crippen molar-refractivity contribution in [2.75, 3.05) is 20.1 Å². The van der Waals surface area contributed by atoms with Crippen LogP contribution in [0.5, 0.6) is 0 Å². The standard InChI is InChI=1S/C21H29N5O.ClH/c1-15-12-17(9-11-26(15)14-16-6-4-3-5-7-16)25(2)21(27)20-18-13-22-10-8-19(18)23-24-20;/h3-7,15,17,22H,8-14H2,1-2H3,(H,23,24);1H. The summed E-state index contributed by atoms with van der Waals surface area (Å²) in [7, 11) is 1.93. The molecule has 4 rings (SSSR count). The van der Waals surface area contributed by atoms with Gasteiger partial charge in [-0.2, -0.15) is 5.10 Å². The predicted octanol–water partition coefficient (Wildman–Crippen LogP) is 2.60. The normalized spacial score (nSPS) is 22.2. The van der Waals surface area contributed by atoms with Crippen LogP contribution in [0.3, 0.4) is 0 Å². The molecule has 2 aliphatic heterocycles. The van der Waals surface area contributed by atoms with E-state index in [2.05, 4.69) is 57.7 Å². The van der Waals surface area contributed by atoms with Gasteiger partial charge in [-0.05, 0) is 25.3 Å². The summed E-state index contributed by atoms with van der Waals surface area (Å²) >= 11 is 0. The number of benzene rings is 1. The number of halogens is 1. The third-order valence-corrected chi connectivity index (χ3v) is 6.09. The van der Waals surface area contributed by atoms with Crippen molar-refractivity contribution >= 4 is 18.3 Å². The Morgan fingerprint density at radius 2 is 2.11 bits per heavy atom. The molecular weight excluding hydrogens is 374 g/mol. The third kappa shape index (κ3) is 4.24. The van der Waals surface area contributed by atoms with Crippen LogP contribution in [-0.4, -0.2) is 58.1 Å². The Morgan fingerprint density at radius 3 is 2.86 bits per heavy atom. The lowest BCUT2D eigenvalue weighted by Crippen LogP contribution is -2.49. The minimum Gasteiger partial charge on any atom is -0.337 e. The Labute approximate surface area is 173 Å². The first kappa shape index (κ1) is 20.8. The minimum atomic E-state index is 0. The van der Waals surface area contributed by atoms with Gasteiger partial charge in [0.2, 0.25) is 0 Å². The molecule has 1 aromatic carbocycles. The largest absolute Gasteiger partial charge is 0.337 e. The number of amides is 1. The molecule has 0 aliphatic carbocycles. The molecule has 1 fully saturated rings. The van der Waals surface area contributed by atoms with E-state index < -0.39 is 0 Å². The number of nitrogens with one attached hydrogen (secondary N) is 2.